The number of nitrogens with one attached hydrogen (secondary N) is 2. The largest absolute Gasteiger partial charge is 0.343 e. The van der Waals surface area contributed by atoms with Gasteiger partial charge in [-0.3, -0.25) is 9.59 Å². The van der Waals surface area contributed by atoms with Gasteiger partial charge in [0.25, 0.3) is 0 Å². The number of amides is 2. The molecule has 4 atom stereocenters. The Balaban J connectivity index is 2.09. The normalized spacial score (nSPS) is 31.3. The second kappa shape index (κ2) is 7.49. The fourth-order valence-corrected chi connectivity index (χ4v) is 4.53. The second-order valence-electron chi connectivity index (χ2n) is 5.92. The van der Waals surface area contributed by atoms with Crippen LogP contribution in [0.2, 0.25) is 0 Å². The SMILES string of the molecule is CCC1CCC[C@@H]2SCC[C@H](NC(=O)[C@H](C)NC)C(=O)N12. The van der Waals surface area contributed by atoms with Crippen molar-refractivity contribution in [1.29, 1.82) is 0 Å². The van der Waals surface area contributed by atoms with Gasteiger partial charge in [0, 0.05) is 6.04 Å². The van der Waals surface area contributed by atoms with E-state index in [0.29, 0.717) is 11.4 Å². The van der Waals surface area contributed by atoms with E-state index < -0.39 is 0 Å². The molecule has 5 nitrogen and oxygen atoms in total. The summed E-state index contributed by atoms with van der Waals surface area (Å²) in [7, 11) is 1.75. The maximum absolute atomic E-state index is 12.9. The lowest BCUT2D eigenvalue weighted by molar-refractivity contribution is -0.140. The predicted octanol–water partition coefficient (Wildman–Crippen LogP) is 1.33. The zero-order chi connectivity index (χ0) is 15.4. The first-order chi connectivity index (χ1) is 10.1. The summed E-state index contributed by atoms with van der Waals surface area (Å²) < 4.78 is 0. The smallest absolute Gasteiger partial charge is 0.246 e. The van der Waals surface area contributed by atoms with Crippen molar-refractivity contribution in [1.82, 2.24) is 15.5 Å². The molecule has 2 fully saturated rings. The van der Waals surface area contributed by atoms with Gasteiger partial charge in [-0.1, -0.05) is 6.92 Å². The van der Waals surface area contributed by atoms with E-state index in [4.69, 9.17) is 0 Å². The minimum atomic E-state index is -0.363. The summed E-state index contributed by atoms with van der Waals surface area (Å²) in [4.78, 5) is 27.0. The molecule has 2 saturated heterocycles. The molecule has 0 aromatic heterocycles. The first-order valence-electron chi connectivity index (χ1n) is 7.99. The average molecular weight is 313 g/mol. The quantitative estimate of drug-likeness (QED) is 0.822. The number of piperidine rings is 1. The standard InChI is InChI=1S/C15H27N3O2S/c1-4-11-6-5-7-13-18(11)15(20)12(8-9-21-13)17-14(19)10(2)16-3/h10-13,16H,4-9H2,1-3H3,(H,17,19)/t10-,11?,12-,13-/m0/s1. The maximum Gasteiger partial charge on any atom is 0.246 e. The fourth-order valence-electron chi connectivity index (χ4n) is 3.11. The van der Waals surface area contributed by atoms with Crippen molar-refractivity contribution in [2.24, 2.45) is 0 Å². The molecule has 0 aromatic carbocycles. The molecule has 120 valence electrons. The van der Waals surface area contributed by atoms with Gasteiger partial charge in [0.1, 0.15) is 6.04 Å². The molecule has 2 heterocycles. The van der Waals surface area contributed by atoms with E-state index in [0.717, 1.165) is 31.4 Å². The van der Waals surface area contributed by atoms with Crippen molar-refractivity contribution < 1.29 is 9.59 Å². The van der Waals surface area contributed by atoms with Crippen LogP contribution in [0, 0.1) is 0 Å². The molecule has 1 unspecified atom stereocenters. The van der Waals surface area contributed by atoms with Crippen LogP contribution in [-0.2, 0) is 9.59 Å². The molecular formula is C15H27N3O2S. The minimum absolute atomic E-state index is 0.0932. The van der Waals surface area contributed by atoms with Crippen molar-refractivity contribution in [3.63, 3.8) is 0 Å². The van der Waals surface area contributed by atoms with Gasteiger partial charge < -0.3 is 15.5 Å². The number of fused-ring (bicyclic) bond motifs is 1. The molecule has 2 N–H and O–H groups in total. The Labute approximate surface area is 131 Å². The zero-order valence-corrected chi connectivity index (χ0v) is 14.0. The van der Waals surface area contributed by atoms with Crippen LogP contribution in [0.25, 0.3) is 0 Å². The predicted molar refractivity (Wildman–Crippen MR) is 86.1 cm³/mol. The first kappa shape index (κ1) is 16.6. The Bertz CT molecular complexity index is 391. The van der Waals surface area contributed by atoms with E-state index in [-0.39, 0.29) is 23.9 Å². The number of hydrogen-bond acceptors (Lipinski definition) is 4. The third kappa shape index (κ3) is 3.72. The van der Waals surface area contributed by atoms with E-state index in [1.807, 2.05) is 18.7 Å². The molecule has 0 aromatic rings. The molecule has 2 amide bonds. The van der Waals surface area contributed by atoms with Crippen molar-refractivity contribution in [3.05, 3.63) is 0 Å². The van der Waals surface area contributed by atoms with E-state index in [2.05, 4.69) is 22.5 Å². The van der Waals surface area contributed by atoms with Crippen LogP contribution in [0.3, 0.4) is 0 Å². The second-order valence-corrected chi connectivity index (χ2v) is 7.21. The van der Waals surface area contributed by atoms with Gasteiger partial charge in [-0.2, -0.15) is 0 Å². The number of carbonyl (C=O) groups excluding carboxylic acids is 2. The van der Waals surface area contributed by atoms with Gasteiger partial charge in [0.05, 0.1) is 11.4 Å². The van der Waals surface area contributed by atoms with Crippen LogP contribution < -0.4 is 10.6 Å². The van der Waals surface area contributed by atoms with Gasteiger partial charge in [-0.15, -0.1) is 11.8 Å². The molecule has 0 aliphatic carbocycles. The molecule has 2 rings (SSSR count). The molecule has 6 heteroatoms. The van der Waals surface area contributed by atoms with Crippen LogP contribution >= 0.6 is 11.8 Å². The van der Waals surface area contributed by atoms with Crippen LogP contribution in [0.15, 0.2) is 0 Å². The van der Waals surface area contributed by atoms with Crippen molar-refractivity contribution in [3.8, 4) is 0 Å². The summed E-state index contributed by atoms with van der Waals surface area (Å²) in [5.74, 6) is 0.958. The summed E-state index contributed by atoms with van der Waals surface area (Å²) in [6.45, 7) is 3.95. The monoisotopic (exact) mass is 313 g/mol. The number of likely N-dealkylation sites (N-methyl/N-ethyl adjacent to an activating group) is 1. The molecule has 0 spiro atoms. The molecule has 0 bridgehead atoms. The highest BCUT2D eigenvalue weighted by atomic mass is 32.2. The summed E-state index contributed by atoms with van der Waals surface area (Å²) >= 11 is 1.87. The van der Waals surface area contributed by atoms with E-state index in [9.17, 15) is 9.59 Å². The average Bonchev–Trinajstić information content (AvgIpc) is 2.66. The lowest BCUT2D eigenvalue weighted by Crippen LogP contribution is -2.56. The molecule has 2 aliphatic heterocycles. The molecule has 2 aliphatic rings. The van der Waals surface area contributed by atoms with Gasteiger partial charge in [0.15, 0.2) is 0 Å². The third-order valence-corrected chi connectivity index (χ3v) is 5.89. The molecule has 0 radical (unpaired) electrons. The highest BCUT2D eigenvalue weighted by Crippen LogP contribution is 2.35. The van der Waals surface area contributed by atoms with E-state index >= 15 is 0 Å². The van der Waals surface area contributed by atoms with Crippen molar-refractivity contribution in [2.75, 3.05) is 12.8 Å². The van der Waals surface area contributed by atoms with Crippen LogP contribution in [0.4, 0.5) is 0 Å². The van der Waals surface area contributed by atoms with Crippen LogP contribution in [-0.4, -0.2) is 53.0 Å². The zero-order valence-electron chi connectivity index (χ0n) is 13.2. The summed E-state index contributed by atoms with van der Waals surface area (Å²) in [6, 6.07) is -0.297. The Hall–Kier alpha value is -0.750. The highest BCUT2D eigenvalue weighted by Gasteiger charge is 2.39. The van der Waals surface area contributed by atoms with Gasteiger partial charge in [-0.25, -0.2) is 0 Å². The Morgan fingerprint density at radius 2 is 2.19 bits per heavy atom. The summed E-state index contributed by atoms with van der Waals surface area (Å²) in [6.07, 6.45) is 5.10. The number of carbonyl (C=O) groups is 2. The number of rotatable bonds is 4. The first-order valence-corrected chi connectivity index (χ1v) is 9.04. The molecule has 0 saturated carbocycles. The highest BCUT2D eigenvalue weighted by molar-refractivity contribution is 7.99. The lowest BCUT2D eigenvalue weighted by Gasteiger charge is -2.41. The van der Waals surface area contributed by atoms with Crippen LogP contribution in [0.5, 0.6) is 0 Å². The van der Waals surface area contributed by atoms with Crippen molar-refractivity contribution >= 4 is 23.6 Å². The summed E-state index contributed by atoms with van der Waals surface area (Å²) in [5.41, 5.74) is 0. The Kier molecular flexibility index (Phi) is 5.93. The number of thioether (sulfide) groups is 1. The Morgan fingerprint density at radius 3 is 2.86 bits per heavy atom. The van der Waals surface area contributed by atoms with Crippen LogP contribution in [0.1, 0.15) is 46.0 Å². The van der Waals surface area contributed by atoms with Gasteiger partial charge in [0.2, 0.25) is 11.8 Å². The Morgan fingerprint density at radius 1 is 1.43 bits per heavy atom. The fraction of sp³-hybridized carbons (Fsp3) is 0.867. The third-order valence-electron chi connectivity index (χ3n) is 4.58. The minimum Gasteiger partial charge on any atom is -0.343 e. The topological polar surface area (TPSA) is 61.4 Å². The van der Waals surface area contributed by atoms with Gasteiger partial charge >= 0.3 is 0 Å². The maximum atomic E-state index is 12.9. The van der Waals surface area contributed by atoms with Gasteiger partial charge in [-0.05, 0) is 51.8 Å². The number of hydrogen-bond donors (Lipinski definition) is 2. The number of nitrogens with zero attached hydrogens (tertiary/aromatic N) is 1. The van der Waals surface area contributed by atoms with E-state index in [1.54, 1.807) is 7.05 Å². The summed E-state index contributed by atoms with van der Waals surface area (Å²) in [5, 5.41) is 6.16. The molecular weight excluding hydrogens is 286 g/mol. The van der Waals surface area contributed by atoms with Crippen molar-refractivity contribution in [2.45, 2.75) is 69.5 Å². The molecule has 21 heavy (non-hydrogen) atoms. The lowest BCUT2D eigenvalue weighted by atomic mass is 9.98. The van der Waals surface area contributed by atoms with E-state index in [1.165, 1.54) is 6.42 Å².